The molecule has 3 aliphatic rings. The van der Waals surface area contributed by atoms with E-state index >= 15 is 0 Å². The first kappa shape index (κ1) is 14.8. The molecule has 3 nitrogen and oxygen atoms in total. The zero-order chi connectivity index (χ0) is 13.8. The van der Waals surface area contributed by atoms with Gasteiger partial charge in [0, 0.05) is 25.2 Å². The molecule has 3 fully saturated rings. The summed E-state index contributed by atoms with van der Waals surface area (Å²) in [5, 5.41) is 3.85. The summed E-state index contributed by atoms with van der Waals surface area (Å²) in [7, 11) is 0. The number of ether oxygens (including phenoxy) is 1. The number of nitrogens with zero attached hydrogens (tertiary/aromatic N) is 1. The predicted molar refractivity (Wildman–Crippen MR) is 83.0 cm³/mol. The minimum atomic E-state index is 0.550. The maximum Gasteiger partial charge on any atom is 0.0604 e. The summed E-state index contributed by atoms with van der Waals surface area (Å²) in [6.45, 7) is 6.79. The standard InChI is InChI=1S/C17H32N2O/c1-2-20-16-11-15(12-16)19-10-6-9-18-17(13-19)14-7-4-3-5-8-14/h14-18H,2-13H2,1H3. The van der Waals surface area contributed by atoms with Gasteiger partial charge in [-0.1, -0.05) is 19.3 Å². The average Bonchev–Trinajstić information content (AvgIpc) is 2.69. The first-order chi connectivity index (χ1) is 9.86. The van der Waals surface area contributed by atoms with Gasteiger partial charge < -0.3 is 10.1 Å². The van der Waals surface area contributed by atoms with Gasteiger partial charge in [-0.15, -0.1) is 0 Å². The van der Waals surface area contributed by atoms with Crippen LogP contribution in [0, 0.1) is 5.92 Å². The largest absolute Gasteiger partial charge is 0.378 e. The summed E-state index contributed by atoms with van der Waals surface area (Å²) in [5.74, 6) is 0.937. The van der Waals surface area contributed by atoms with Crippen LogP contribution < -0.4 is 5.32 Å². The molecule has 0 aromatic carbocycles. The van der Waals surface area contributed by atoms with E-state index in [9.17, 15) is 0 Å². The zero-order valence-electron chi connectivity index (χ0n) is 13.2. The topological polar surface area (TPSA) is 24.5 Å². The summed E-state index contributed by atoms with van der Waals surface area (Å²) in [5.41, 5.74) is 0. The fourth-order valence-electron chi connectivity index (χ4n) is 4.37. The molecular weight excluding hydrogens is 248 g/mol. The Labute approximate surface area is 124 Å². The molecule has 1 heterocycles. The van der Waals surface area contributed by atoms with Crippen LogP contribution in [-0.4, -0.2) is 49.3 Å². The molecule has 116 valence electrons. The maximum absolute atomic E-state index is 5.73. The fourth-order valence-corrected chi connectivity index (χ4v) is 4.37. The van der Waals surface area contributed by atoms with Gasteiger partial charge in [0.05, 0.1) is 6.10 Å². The molecule has 1 atom stereocenters. The van der Waals surface area contributed by atoms with E-state index in [-0.39, 0.29) is 0 Å². The molecule has 2 aliphatic carbocycles. The van der Waals surface area contributed by atoms with Gasteiger partial charge in [0.15, 0.2) is 0 Å². The van der Waals surface area contributed by atoms with Gasteiger partial charge in [0.2, 0.25) is 0 Å². The summed E-state index contributed by atoms with van der Waals surface area (Å²) >= 11 is 0. The molecule has 0 radical (unpaired) electrons. The molecule has 0 aromatic heterocycles. The van der Waals surface area contributed by atoms with E-state index < -0.39 is 0 Å². The van der Waals surface area contributed by atoms with Crippen LogP contribution in [0.3, 0.4) is 0 Å². The van der Waals surface area contributed by atoms with Crippen molar-refractivity contribution >= 4 is 0 Å². The molecule has 3 heteroatoms. The van der Waals surface area contributed by atoms with Gasteiger partial charge in [-0.25, -0.2) is 0 Å². The molecule has 1 aliphatic heterocycles. The molecular formula is C17H32N2O. The monoisotopic (exact) mass is 280 g/mol. The zero-order valence-corrected chi connectivity index (χ0v) is 13.2. The summed E-state index contributed by atoms with van der Waals surface area (Å²) in [4.78, 5) is 2.77. The van der Waals surface area contributed by atoms with Gasteiger partial charge in [-0.3, -0.25) is 4.90 Å². The van der Waals surface area contributed by atoms with Crippen molar-refractivity contribution in [3.05, 3.63) is 0 Å². The van der Waals surface area contributed by atoms with E-state index in [0.29, 0.717) is 6.10 Å². The second kappa shape index (κ2) is 7.24. The predicted octanol–water partition coefficient (Wildman–Crippen LogP) is 2.80. The summed E-state index contributed by atoms with van der Waals surface area (Å²) in [6.07, 6.45) is 11.7. The fraction of sp³-hybridized carbons (Fsp3) is 1.00. The van der Waals surface area contributed by atoms with E-state index in [1.54, 1.807) is 0 Å². The second-order valence-electron chi connectivity index (χ2n) is 7.01. The molecule has 2 saturated carbocycles. The van der Waals surface area contributed by atoms with E-state index in [2.05, 4.69) is 17.1 Å². The molecule has 0 aromatic rings. The highest BCUT2D eigenvalue weighted by molar-refractivity contribution is 4.92. The molecule has 0 bridgehead atoms. The lowest BCUT2D eigenvalue weighted by atomic mass is 9.82. The molecule has 20 heavy (non-hydrogen) atoms. The van der Waals surface area contributed by atoms with Crippen LogP contribution >= 0.6 is 0 Å². The third kappa shape index (κ3) is 3.55. The lowest BCUT2D eigenvalue weighted by Crippen LogP contribution is -2.52. The molecule has 1 unspecified atom stereocenters. The number of hydrogen-bond acceptors (Lipinski definition) is 3. The van der Waals surface area contributed by atoms with Crippen LogP contribution in [0.5, 0.6) is 0 Å². The first-order valence-corrected chi connectivity index (χ1v) is 8.96. The molecule has 3 rings (SSSR count). The number of nitrogens with one attached hydrogen (secondary N) is 1. The van der Waals surface area contributed by atoms with E-state index in [0.717, 1.165) is 24.6 Å². The Morgan fingerprint density at radius 2 is 1.90 bits per heavy atom. The van der Waals surface area contributed by atoms with Crippen molar-refractivity contribution in [3.8, 4) is 0 Å². The van der Waals surface area contributed by atoms with E-state index in [1.165, 1.54) is 71.0 Å². The minimum Gasteiger partial charge on any atom is -0.378 e. The number of hydrogen-bond donors (Lipinski definition) is 1. The molecule has 1 N–H and O–H groups in total. The highest BCUT2D eigenvalue weighted by atomic mass is 16.5. The van der Waals surface area contributed by atoms with Crippen molar-refractivity contribution in [2.75, 3.05) is 26.2 Å². The van der Waals surface area contributed by atoms with Gasteiger partial charge in [-0.05, 0) is 58.0 Å². The van der Waals surface area contributed by atoms with Gasteiger partial charge in [0.25, 0.3) is 0 Å². The normalized spacial score (nSPS) is 37.4. The Morgan fingerprint density at radius 1 is 1.10 bits per heavy atom. The number of rotatable bonds is 4. The Bertz CT molecular complexity index is 285. The Hall–Kier alpha value is -0.120. The molecule has 0 amide bonds. The van der Waals surface area contributed by atoms with Crippen LogP contribution in [-0.2, 0) is 4.74 Å². The lowest BCUT2D eigenvalue weighted by Gasteiger charge is -2.44. The third-order valence-corrected chi connectivity index (χ3v) is 5.67. The van der Waals surface area contributed by atoms with Crippen LogP contribution in [0.4, 0.5) is 0 Å². The van der Waals surface area contributed by atoms with Crippen LogP contribution in [0.15, 0.2) is 0 Å². The highest BCUT2D eigenvalue weighted by Gasteiger charge is 2.36. The van der Waals surface area contributed by atoms with E-state index in [1.807, 2.05) is 0 Å². The second-order valence-corrected chi connectivity index (χ2v) is 7.01. The molecule has 0 spiro atoms. The van der Waals surface area contributed by atoms with Crippen LogP contribution in [0.25, 0.3) is 0 Å². The van der Waals surface area contributed by atoms with E-state index in [4.69, 9.17) is 4.74 Å². The Balaban J connectivity index is 1.50. The van der Waals surface area contributed by atoms with Crippen molar-refractivity contribution in [1.29, 1.82) is 0 Å². The lowest BCUT2D eigenvalue weighted by molar-refractivity contribution is -0.0479. The van der Waals surface area contributed by atoms with Crippen molar-refractivity contribution in [2.45, 2.75) is 76.5 Å². The Kier molecular flexibility index (Phi) is 5.36. The van der Waals surface area contributed by atoms with Crippen LogP contribution in [0.2, 0.25) is 0 Å². The van der Waals surface area contributed by atoms with Gasteiger partial charge >= 0.3 is 0 Å². The first-order valence-electron chi connectivity index (χ1n) is 8.96. The van der Waals surface area contributed by atoms with Gasteiger partial charge in [-0.2, -0.15) is 0 Å². The van der Waals surface area contributed by atoms with Crippen molar-refractivity contribution < 1.29 is 4.74 Å². The smallest absolute Gasteiger partial charge is 0.0604 e. The summed E-state index contributed by atoms with van der Waals surface area (Å²) in [6, 6.07) is 1.56. The quantitative estimate of drug-likeness (QED) is 0.857. The SMILES string of the molecule is CCOC1CC(N2CCCNC(C3CCCCC3)C2)C1. The van der Waals surface area contributed by atoms with Crippen LogP contribution in [0.1, 0.15) is 58.3 Å². The van der Waals surface area contributed by atoms with Crippen molar-refractivity contribution in [1.82, 2.24) is 10.2 Å². The third-order valence-electron chi connectivity index (χ3n) is 5.67. The highest BCUT2D eigenvalue weighted by Crippen LogP contribution is 2.32. The van der Waals surface area contributed by atoms with Crippen molar-refractivity contribution in [2.24, 2.45) is 5.92 Å². The minimum absolute atomic E-state index is 0.550. The maximum atomic E-state index is 5.73. The molecule has 1 saturated heterocycles. The van der Waals surface area contributed by atoms with Gasteiger partial charge in [0.1, 0.15) is 0 Å². The van der Waals surface area contributed by atoms with Crippen molar-refractivity contribution in [3.63, 3.8) is 0 Å². The average molecular weight is 280 g/mol. The Morgan fingerprint density at radius 3 is 2.65 bits per heavy atom. The summed E-state index contributed by atoms with van der Waals surface area (Å²) < 4.78 is 5.73.